The second kappa shape index (κ2) is 7.36. The van der Waals surface area contributed by atoms with Crippen molar-refractivity contribution in [2.45, 2.75) is 6.54 Å². The van der Waals surface area contributed by atoms with Gasteiger partial charge in [-0.05, 0) is 35.9 Å². The Morgan fingerprint density at radius 2 is 2.08 bits per heavy atom. The quantitative estimate of drug-likeness (QED) is 0.749. The third-order valence-corrected chi connectivity index (χ3v) is 3.79. The van der Waals surface area contributed by atoms with E-state index in [0.29, 0.717) is 22.9 Å². The van der Waals surface area contributed by atoms with Crippen LogP contribution in [0, 0.1) is 5.82 Å². The van der Waals surface area contributed by atoms with Crippen molar-refractivity contribution in [2.75, 3.05) is 12.4 Å². The van der Waals surface area contributed by atoms with Crippen LogP contribution < -0.4 is 10.1 Å². The molecule has 2 aromatic carbocycles. The van der Waals surface area contributed by atoms with Gasteiger partial charge in [0.15, 0.2) is 5.82 Å². The van der Waals surface area contributed by atoms with E-state index in [4.69, 9.17) is 16.3 Å². The van der Waals surface area contributed by atoms with Gasteiger partial charge < -0.3 is 10.1 Å². The molecular formula is C18H15ClFN3O2. The fourth-order valence-corrected chi connectivity index (χ4v) is 2.53. The maximum absolute atomic E-state index is 13.3. The van der Waals surface area contributed by atoms with Crippen molar-refractivity contribution in [2.24, 2.45) is 0 Å². The van der Waals surface area contributed by atoms with Crippen LogP contribution in [-0.4, -0.2) is 22.8 Å². The minimum absolute atomic E-state index is 0.242. The van der Waals surface area contributed by atoms with Crippen LogP contribution in [0.2, 0.25) is 5.02 Å². The van der Waals surface area contributed by atoms with Crippen LogP contribution in [0.25, 0.3) is 0 Å². The molecule has 1 N–H and O–H groups in total. The zero-order chi connectivity index (χ0) is 17.8. The molecule has 0 spiro atoms. The molecule has 0 unspecified atom stereocenters. The summed E-state index contributed by atoms with van der Waals surface area (Å²) in [6.45, 7) is 0.340. The summed E-state index contributed by atoms with van der Waals surface area (Å²) in [5, 5.41) is 7.20. The normalized spacial score (nSPS) is 10.5. The number of nitrogens with zero attached hydrogens (tertiary/aromatic N) is 2. The fourth-order valence-electron chi connectivity index (χ4n) is 2.33. The van der Waals surface area contributed by atoms with E-state index in [1.807, 2.05) is 0 Å². The van der Waals surface area contributed by atoms with Crippen molar-refractivity contribution >= 4 is 23.3 Å². The molecule has 0 aliphatic heterocycles. The molecule has 1 amide bonds. The van der Waals surface area contributed by atoms with Gasteiger partial charge in [-0.3, -0.25) is 9.48 Å². The van der Waals surface area contributed by atoms with Gasteiger partial charge in [0.25, 0.3) is 5.91 Å². The Morgan fingerprint density at radius 1 is 1.28 bits per heavy atom. The van der Waals surface area contributed by atoms with E-state index in [1.165, 1.54) is 23.9 Å². The van der Waals surface area contributed by atoms with Crippen molar-refractivity contribution in [3.8, 4) is 5.75 Å². The molecule has 1 heterocycles. The minimum atomic E-state index is -0.350. The predicted molar refractivity (Wildman–Crippen MR) is 93.7 cm³/mol. The SMILES string of the molecule is COc1cccc(C(=O)Nc2nn(Cc3cccc(F)c3)cc2Cl)c1. The number of hydrogen-bond donors (Lipinski definition) is 1. The molecule has 128 valence electrons. The van der Waals surface area contributed by atoms with E-state index in [1.54, 1.807) is 42.6 Å². The second-order valence-electron chi connectivity index (χ2n) is 5.34. The molecule has 5 nitrogen and oxygen atoms in total. The largest absolute Gasteiger partial charge is 0.497 e. The number of halogens is 2. The molecule has 1 aromatic heterocycles. The molecule has 0 fully saturated rings. The molecule has 0 aliphatic carbocycles. The number of nitrogens with one attached hydrogen (secondary N) is 1. The summed E-state index contributed by atoms with van der Waals surface area (Å²) in [5.74, 6) is 0.153. The Kier molecular flexibility index (Phi) is 5.00. The zero-order valence-electron chi connectivity index (χ0n) is 13.4. The monoisotopic (exact) mass is 359 g/mol. The first-order valence-electron chi connectivity index (χ1n) is 7.48. The van der Waals surface area contributed by atoms with Crippen LogP contribution in [0.5, 0.6) is 5.75 Å². The van der Waals surface area contributed by atoms with Crippen molar-refractivity contribution in [1.82, 2.24) is 9.78 Å². The predicted octanol–water partition coefficient (Wildman–Crippen LogP) is 3.98. The minimum Gasteiger partial charge on any atom is -0.497 e. The van der Waals surface area contributed by atoms with Crippen LogP contribution in [0.3, 0.4) is 0 Å². The summed E-state index contributed by atoms with van der Waals surface area (Å²) in [7, 11) is 1.53. The van der Waals surface area contributed by atoms with Gasteiger partial charge >= 0.3 is 0 Å². The van der Waals surface area contributed by atoms with Gasteiger partial charge in [0, 0.05) is 11.8 Å². The summed E-state index contributed by atoms with van der Waals surface area (Å²) in [6.07, 6.45) is 1.58. The van der Waals surface area contributed by atoms with Crippen molar-refractivity contribution < 1.29 is 13.9 Å². The lowest BCUT2D eigenvalue weighted by Gasteiger charge is -2.05. The van der Waals surface area contributed by atoms with Gasteiger partial charge in [0.2, 0.25) is 0 Å². The molecule has 0 bridgehead atoms. The van der Waals surface area contributed by atoms with Crippen LogP contribution >= 0.6 is 11.6 Å². The summed E-state index contributed by atoms with van der Waals surface area (Å²) >= 11 is 6.14. The van der Waals surface area contributed by atoms with Crippen LogP contribution in [0.4, 0.5) is 10.2 Å². The number of amides is 1. The molecule has 0 atom stereocenters. The highest BCUT2D eigenvalue weighted by molar-refractivity contribution is 6.33. The zero-order valence-corrected chi connectivity index (χ0v) is 14.1. The molecule has 3 rings (SSSR count). The number of carbonyl (C=O) groups is 1. The van der Waals surface area contributed by atoms with E-state index in [0.717, 1.165) is 5.56 Å². The topological polar surface area (TPSA) is 56.1 Å². The third-order valence-electron chi connectivity index (χ3n) is 3.51. The van der Waals surface area contributed by atoms with E-state index in [2.05, 4.69) is 10.4 Å². The average molecular weight is 360 g/mol. The highest BCUT2D eigenvalue weighted by atomic mass is 35.5. The van der Waals surface area contributed by atoms with Crippen LogP contribution in [0.15, 0.2) is 54.7 Å². The summed E-state index contributed by atoms with van der Waals surface area (Å²) < 4.78 is 19.9. The first-order chi connectivity index (χ1) is 12.0. The number of methoxy groups -OCH3 is 1. The maximum atomic E-state index is 13.3. The van der Waals surface area contributed by atoms with E-state index in [-0.39, 0.29) is 17.5 Å². The number of aromatic nitrogens is 2. The molecule has 0 saturated carbocycles. The van der Waals surface area contributed by atoms with Crippen LogP contribution in [-0.2, 0) is 6.54 Å². The highest BCUT2D eigenvalue weighted by Gasteiger charge is 2.13. The molecule has 0 radical (unpaired) electrons. The summed E-state index contributed by atoms with van der Waals surface area (Å²) in [4.78, 5) is 12.3. The van der Waals surface area contributed by atoms with Crippen molar-refractivity contribution in [3.63, 3.8) is 0 Å². The first kappa shape index (κ1) is 17.0. The van der Waals surface area contributed by atoms with Gasteiger partial charge in [-0.15, -0.1) is 0 Å². The van der Waals surface area contributed by atoms with Gasteiger partial charge in [0.1, 0.15) is 16.6 Å². The number of carbonyl (C=O) groups excluding carboxylic acids is 1. The number of hydrogen-bond acceptors (Lipinski definition) is 3. The van der Waals surface area contributed by atoms with E-state index in [9.17, 15) is 9.18 Å². The van der Waals surface area contributed by atoms with Gasteiger partial charge in [-0.25, -0.2) is 4.39 Å². The Bertz CT molecular complexity index is 911. The molecule has 7 heteroatoms. The summed E-state index contributed by atoms with van der Waals surface area (Å²) in [5.41, 5.74) is 1.17. The molecule has 0 saturated heterocycles. The Balaban J connectivity index is 1.75. The third kappa shape index (κ3) is 4.16. The lowest BCUT2D eigenvalue weighted by atomic mass is 10.2. The van der Waals surface area contributed by atoms with Crippen molar-refractivity contribution in [3.05, 3.63) is 76.7 Å². The van der Waals surface area contributed by atoms with Crippen molar-refractivity contribution in [1.29, 1.82) is 0 Å². The van der Waals surface area contributed by atoms with E-state index < -0.39 is 0 Å². The molecule has 25 heavy (non-hydrogen) atoms. The van der Waals surface area contributed by atoms with E-state index >= 15 is 0 Å². The highest BCUT2D eigenvalue weighted by Crippen LogP contribution is 2.21. The Labute approximate surface area is 149 Å². The number of anilines is 1. The Morgan fingerprint density at radius 3 is 2.84 bits per heavy atom. The van der Waals surface area contributed by atoms with Gasteiger partial charge in [0.05, 0.1) is 13.7 Å². The second-order valence-corrected chi connectivity index (χ2v) is 5.75. The number of ether oxygens (including phenoxy) is 1. The Hall–Kier alpha value is -2.86. The van der Waals surface area contributed by atoms with Gasteiger partial charge in [-0.2, -0.15) is 5.10 Å². The standard InChI is InChI=1S/C18H15ClFN3O2/c1-25-15-7-3-5-13(9-15)18(24)21-17-16(19)11-23(22-17)10-12-4-2-6-14(20)8-12/h2-9,11H,10H2,1H3,(H,21,22,24). The number of rotatable bonds is 5. The lowest BCUT2D eigenvalue weighted by Crippen LogP contribution is -2.13. The summed E-state index contributed by atoms with van der Waals surface area (Å²) in [6, 6.07) is 13.0. The molecule has 3 aromatic rings. The first-order valence-corrected chi connectivity index (χ1v) is 7.86. The molecule has 0 aliphatic rings. The number of benzene rings is 2. The molecular weight excluding hydrogens is 345 g/mol. The van der Waals surface area contributed by atoms with Crippen LogP contribution in [0.1, 0.15) is 15.9 Å². The average Bonchev–Trinajstić information content (AvgIpc) is 2.94. The fraction of sp³-hybridized carbons (Fsp3) is 0.111. The smallest absolute Gasteiger partial charge is 0.257 e. The van der Waals surface area contributed by atoms with Gasteiger partial charge in [-0.1, -0.05) is 29.8 Å². The maximum Gasteiger partial charge on any atom is 0.257 e. The lowest BCUT2D eigenvalue weighted by molar-refractivity contribution is 0.102.